The fraction of sp³-hybridized carbons (Fsp3) is 0.733. The van der Waals surface area contributed by atoms with Crippen molar-refractivity contribution < 1.29 is 13.6 Å². The zero-order valence-corrected chi connectivity index (χ0v) is 12.7. The highest BCUT2D eigenvalue weighted by atomic mass is 19.3. The van der Waals surface area contributed by atoms with Gasteiger partial charge in [-0.15, -0.1) is 0 Å². The van der Waals surface area contributed by atoms with Crippen LogP contribution in [-0.2, 0) is 24.3 Å². The van der Waals surface area contributed by atoms with Crippen molar-refractivity contribution in [2.45, 2.75) is 51.1 Å². The third kappa shape index (κ3) is 3.63. The molecule has 0 bridgehead atoms. The lowest BCUT2D eigenvalue weighted by Crippen LogP contribution is -2.42. The van der Waals surface area contributed by atoms with E-state index in [2.05, 4.69) is 10.4 Å². The smallest absolute Gasteiger partial charge is 0.251 e. The van der Waals surface area contributed by atoms with E-state index in [9.17, 15) is 13.6 Å². The van der Waals surface area contributed by atoms with E-state index in [1.807, 2.05) is 10.7 Å². The molecule has 22 heavy (non-hydrogen) atoms. The molecule has 1 aromatic heterocycles. The number of nitrogens with one attached hydrogen (secondary N) is 1. The predicted molar refractivity (Wildman–Crippen MR) is 77.6 cm³/mol. The minimum atomic E-state index is -2.61. The minimum Gasteiger partial charge on any atom is -0.342 e. The van der Waals surface area contributed by atoms with Gasteiger partial charge in [-0.3, -0.25) is 9.48 Å². The van der Waals surface area contributed by atoms with Crippen molar-refractivity contribution >= 4 is 5.91 Å². The van der Waals surface area contributed by atoms with E-state index in [0.29, 0.717) is 12.8 Å². The van der Waals surface area contributed by atoms with Crippen LogP contribution in [0.25, 0.3) is 0 Å². The molecule has 0 radical (unpaired) electrons. The molecule has 5 nitrogen and oxygen atoms in total. The van der Waals surface area contributed by atoms with Crippen LogP contribution in [0, 0.1) is 0 Å². The Labute approximate surface area is 128 Å². The third-order valence-electron chi connectivity index (χ3n) is 4.39. The molecule has 2 aliphatic heterocycles. The number of halogens is 2. The van der Waals surface area contributed by atoms with Crippen LogP contribution < -0.4 is 5.32 Å². The number of rotatable bonds is 3. The number of piperidine rings is 1. The van der Waals surface area contributed by atoms with Gasteiger partial charge in [-0.05, 0) is 19.0 Å². The van der Waals surface area contributed by atoms with Gasteiger partial charge in [0.1, 0.15) is 0 Å². The maximum absolute atomic E-state index is 13.1. The van der Waals surface area contributed by atoms with E-state index in [4.69, 9.17) is 0 Å². The molecule has 0 unspecified atom stereocenters. The molecule has 7 heteroatoms. The normalized spacial score (nSPS) is 21.3. The van der Waals surface area contributed by atoms with Gasteiger partial charge in [0.15, 0.2) is 0 Å². The molecule has 2 aliphatic rings. The highest BCUT2D eigenvalue weighted by Gasteiger charge is 2.35. The van der Waals surface area contributed by atoms with Crippen LogP contribution in [0.3, 0.4) is 0 Å². The van der Waals surface area contributed by atoms with Gasteiger partial charge in [-0.2, -0.15) is 5.10 Å². The van der Waals surface area contributed by atoms with Gasteiger partial charge in [0, 0.05) is 51.9 Å². The summed E-state index contributed by atoms with van der Waals surface area (Å²) in [6.45, 7) is 3.03. The zero-order valence-electron chi connectivity index (χ0n) is 12.7. The fourth-order valence-electron chi connectivity index (χ4n) is 3.02. The van der Waals surface area contributed by atoms with Crippen LogP contribution in [0.4, 0.5) is 8.78 Å². The summed E-state index contributed by atoms with van der Waals surface area (Å²) in [4.78, 5) is 13.7. The van der Waals surface area contributed by atoms with E-state index in [-0.39, 0.29) is 31.8 Å². The maximum atomic E-state index is 13.1. The Morgan fingerprint density at radius 3 is 2.86 bits per heavy atom. The van der Waals surface area contributed by atoms with Crippen LogP contribution in [0.5, 0.6) is 0 Å². The van der Waals surface area contributed by atoms with Crippen molar-refractivity contribution in [3.05, 3.63) is 17.5 Å². The standard InChI is InChI=1S/C15H22F2N4O/c16-15(17)4-8-20(9-5-15)14(22)3-2-12-10-13-11-18-6-1-7-21(13)19-12/h10,18H,1-9,11H2. The second kappa shape index (κ2) is 6.32. The van der Waals surface area contributed by atoms with E-state index in [0.717, 1.165) is 37.4 Å². The van der Waals surface area contributed by atoms with Gasteiger partial charge >= 0.3 is 0 Å². The Kier molecular flexibility index (Phi) is 4.42. The molecule has 0 spiro atoms. The summed E-state index contributed by atoms with van der Waals surface area (Å²) in [5.41, 5.74) is 2.06. The molecule has 1 N–H and O–H groups in total. The van der Waals surface area contributed by atoms with Crippen molar-refractivity contribution in [3.63, 3.8) is 0 Å². The third-order valence-corrected chi connectivity index (χ3v) is 4.39. The first kappa shape index (κ1) is 15.4. The number of nitrogens with zero attached hydrogens (tertiary/aromatic N) is 3. The van der Waals surface area contributed by atoms with Crippen molar-refractivity contribution in [1.29, 1.82) is 0 Å². The molecule has 0 aliphatic carbocycles. The van der Waals surface area contributed by atoms with Crippen LogP contribution >= 0.6 is 0 Å². The molecule has 3 heterocycles. The molecule has 3 rings (SSSR count). The van der Waals surface area contributed by atoms with Gasteiger partial charge in [0.25, 0.3) is 5.92 Å². The summed E-state index contributed by atoms with van der Waals surface area (Å²) in [7, 11) is 0. The van der Waals surface area contributed by atoms with Crippen molar-refractivity contribution in [2.24, 2.45) is 0 Å². The number of likely N-dealkylation sites (tertiary alicyclic amines) is 1. The Balaban J connectivity index is 1.51. The molecule has 1 saturated heterocycles. The second-order valence-electron chi connectivity index (χ2n) is 6.12. The van der Waals surface area contributed by atoms with Crippen LogP contribution in [0.1, 0.15) is 37.1 Å². The number of amides is 1. The number of alkyl halides is 2. The number of hydrogen-bond donors (Lipinski definition) is 1. The molecule has 1 amide bonds. The topological polar surface area (TPSA) is 50.2 Å². The maximum Gasteiger partial charge on any atom is 0.251 e. The molecule has 1 fully saturated rings. The SMILES string of the molecule is O=C(CCc1cc2n(n1)CCCNC2)N1CCC(F)(F)CC1. The highest BCUT2D eigenvalue weighted by molar-refractivity contribution is 5.76. The summed E-state index contributed by atoms with van der Waals surface area (Å²) in [5.74, 6) is -2.65. The summed E-state index contributed by atoms with van der Waals surface area (Å²) in [6.07, 6.45) is 1.53. The molecule has 0 aromatic carbocycles. The Hall–Kier alpha value is -1.50. The second-order valence-corrected chi connectivity index (χ2v) is 6.12. The van der Waals surface area contributed by atoms with E-state index in [1.54, 1.807) is 4.90 Å². The zero-order chi connectivity index (χ0) is 15.6. The number of aryl methyl sites for hydroxylation is 2. The Morgan fingerprint density at radius 2 is 2.09 bits per heavy atom. The van der Waals surface area contributed by atoms with Crippen LogP contribution in [0.15, 0.2) is 6.07 Å². The number of aromatic nitrogens is 2. The first-order chi connectivity index (χ1) is 10.5. The average molecular weight is 312 g/mol. The van der Waals surface area contributed by atoms with Gasteiger partial charge in [-0.25, -0.2) is 8.78 Å². The Bertz CT molecular complexity index is 510. The first-order valence-electron chi connectivity index (χ1n) is 7.95. The van der Waals surface area contributed by atoms with Gasteiger partial charge in [0.2, 0.25) is 5.91 Å². The van der Waals surface area contributed by atoms with E-state index in [1.165, 1.54) is 0 Å². The van der Waals surface area contributed by atoms with Crippen molar-refractivity contribution in [2.75, 3.05) is 19.6 Å². The number of carbonyl (C=O) groups is 1. The lowest BCUT2D eigenvalue weighted by atomic mass is 10.1. The van der Waals surface area contributed by atoms with Gasteiger partial charge in [0.05, 0.1) is 11.4 Å². The Morgan fingerprint density at radius 1 is 1.32 bits per heavy atom. The number of fused-ring (bicyclic) bond motifs is 1. The first-order valence-corrected chi connectivity index (χ1v) is 7.95. The molecular formula is C15H22F2N4O. The summed E-state index contributed by atoms with van der Waals surface area (Å²) in [6, 6.07) is 2.04. The fourth-order valence-corrected chi connectivity index (χ4v) is 3.02. The van der Waals surface area contributed by atoms with Crippen LogP contribution in [-0.4, -0.2) is 46.1 Å². The summed E-state index contributed by atoms with van der Waals surface area (Å²) < 4.78 is 28.2. The molecule has 122 valence electrons. The summed E-state index contributed by atoms with van der Waals surface area (Å²) >= 11 is 0. The van der Waals surface area contributed by atoms with Crippen molar-refractivity contribution in [1.82, 2.24) is 20.0 Å². The minimum absolute atomic E-state index is 0.0446. The lowest BCUT2D eigenvalue weighted by Gasteiger charge is -2.31. The summed E-state index contributed by atoms with van der Waals surface area (Å²) in [5, 5.41) is 7.87. The number of carbonyl (C=O) groups excluding carboxylic acids is 1. The predicted octanol–water partition coefficient (Wildman–Crippen LogP) is 1.57. The average Bonchev–Trinajstić information content (AvgIpc) is 2.74. The van der Waals surface area contributed by atoms with Gasteiger partial charge in [-0.1, -0.05) is 0 Å². The molecular weight excluding hydrogens is 290 g/mol. The van der Waals surface area contributed by atoms with Gasteiger partial charge < -0.3 is 10.2 Å². The number of hydrogen-bond acceptors (Lipinski definition) is 3. The van der Waals surface area contributed by atoms with Crippen LogP contribution in [0.2, 0.25) is 0 Å². The highest BCUT2D eigenvalue weighted by Crippen LogP contribution is 2.27. The largest absolute Gasteiger partial charge is 0.342 e. The lowest BCUT2D eigenvalue weighted by molar-refractivity contribution is -0.137. The van der Waals surface area contributed by atoms with E-state index < -0.39 is 5.92 Å². The van der Waals surface area contributed by atoms with E-state index >= 15 is 0 Å². The molecule has 0 saturated carbocycles. The monoisotopic (exact) mass is 312 g/mol. The van der Waals surface area contributed by atoms with Crippen molar-refractivity contribution in [3.8, 4) is 0 Å². The molecule has 1 aromatic rings. The molecule has 0 atom stereocenters. The quantitative estimate of drug-likeness (QED) is 0.922.